The molecule has 11 aromatic rings. The van der Waals surface area contributed by atoms with E-state index in [-0.39, 0.29) is 16.2 Å². The lowest BCUT2D eigenvalue weighted by atomic mass is 9.82. The Balaban J connectivity index is 1.05. The number of benzene rings is 10. The van der Waals surface area contributed by atoms with E-state index in [4.69, 9.17) is 4.42 Å². The molecule has 3 heteroatoms. The van der Waals surface area contributed by atoms with E-state index in [0.29, 0.717) is 0 Å². The highest BCUT2D eigenvalue weighted by Gasteiger charge is 2.42. The van der Waals surface area contributed by atoms with E-state index in [0.717, 1.165) is 56.1 Å². The highest BCUT2D eigenvalue weighted by Crippen LogP contribution is 2.60. The molecule has 0 bridgehead atoms. The molecule has 1 aromatic heterocycles. The fraction of sp³-hybridized carbons (Fsp3) is 0.130. The number of nitrogens with zero attached hydrogens (tertiary/aromatic N) is 2. The first-order chi connectivity index (χ1) is 35.0. The first kappa shape index (κ1) is 42.5. The van der Waals surface area contributed by atoms with E-state index >= 15 is 0 Å². The molecule has 3 aliphatic carbocycles. The van der Waals surface area contributed by atoms with Gasteiger partial charge in [-0.05, 0) is 110 Å². The van der Waals surface area contributed by atoms with Crippen molar-refractivity contribution >= 4 is 56.1 Å². The van der Waals surface area contributed by atoms with Gasteiger partial charge in [0.25, 0.3) is 0 Å². The topological polar surface area (TPSA) is 19.6 Å². The average molecular weight is 927 g/mol. The largest absolute Gasteiger partial charge is 0.454 e. The van der Waals surface area contributed by atoms with Crippen LogP contribution < -0.4 is 9.80 Å². The molecule has 14 rings (SSSR count). The fourth-order valence-corrected chi connectivity index (χ4v) is 13.2. The van der Waals surface area contributed by atoms with Gasteiger partial charge in [-0.3, -0.25) is 0 Å². The molecule has 3 aliphatic rings. The minimum Gasteiger partial charge on any atom is -0.454 e. The van der Waals surface area contributed by atoms with Crippen LogP contribution in [0.5, 0.6) is 0 Å². The van der Waals surface area contributed by atoms with Crippen LogP contribution in [0.15, 0.2) is 223 Å². The van der Waals surface area contributed by atoms with Gasteiger partial charge in [-0.15, -0.1) is 0 Å². The van der Waals surface area contributed by atoms with Crippen LogP contribution in [0.4, 0.5) is 34.1 Å². The smallest absolute Gasteiger partial charge is 0.159 e. The number of hydrogen-bond acceptors (Lipinski definition) is 3. The minimum atomic E-state index is -0.183. The van der Waals surface area contributed by atoms with Gasteiger partial charge in [0.05, 0.1) is 33.8 Å². The summed E-state index contributed by atoms with van der Waals surface area (Å²) < 4.78 is 7.42. The molecule has 0 unspecified atom stereocenters. The lowest BCUT2D eigenvalue weighted by molar-refractivity contribution is 0.660. The van der Waals surface area contributed by atoms with Crippen molar-refractivity contribution in [3.8, 4) is 44.5 Å². The van der Waals surface area contributed by atoms with Crippen LogP contribution >= 0.6 is 0 Å². The van der Waals surface area contributed by atoms with Crippen LogP contribution in [0.1, 0.15) is 74.9 Å². The van der Waals surface area contributed by atoms with Crippen molar-refractivity contribution in [2.45, 2.75) is 57.8 Å². The molecule has 0 spiro atoms. The maximum Gasteiger partial charge on any atom is 0.159 e. The molecule has 0 saturated carbocycles. The molecule has 0 saturated heterocycles. The first-order valence-corrected chi connectivity index (χ1v) is 25.4. The zero-order chi connectivity index (χ0) is 48.7. The van der Waals surface area contributed by atoms with E-state index in [1.807, 2.05) is 0 Å². The standard InChI is InChI=1S/C69H54N2O/c1-67(2)50-27-13-10-23-46(50)62-53(67)30-17-33-56(62)70(45-41-39-44(40-42-45)43-21-8-7-9-22-43)59-36-20-38-61-65(59)49-26-16-37-60(66(49)72-61)71(57-34-18-31-54-63(57)47-24-11-14-28-51(47)68(54,3)4)58-35-19-32-55-64(58)48-25-12-15-29-52(48)69(55,5)6/h7-42H,1-6H3. The van der Waals surface area contributed by atoms with Gasteiger partial charge in [-0.2, -0.15) is 0 Å². The third-order valence-electron chi connectivity index (χ3n) is 16.7. The van der Waals surface area contributed by atoms with E-state index in [1.165, 1.54) is 77.9 Å². The number of hydrogen-bond donors (Lipinski definition) is 0. The summed E-state index contributed by atoms with van der Waals surface area (Å²) in [5, 5.41) is 2.13. The lowest BCUT2D eigenvalue weighted by Gasteiger charge is -2.31. The molecule has 0 atom stereocenters. The van der Waals surface area contributed by atoms with Crippen LogP contribution in [-0.4, -0.2) is 0 Å². The number of anilines is 6. The zero-order valence-electron chi connectivity index (χ0n) is 41.6. The summed E-state index contributed by atoms with van der Waals surface area (Å²) in [4.78, 5) is 5.02. The Morgan fingerprint density at radius 3 is 1.21 bits per heavy atom. The molecule has 0 aliphatic heterocycles. The third kappa shape index (κ3) is 5.85. The molecule has 0 fully saturated rings. The van der Waals surface area contributed by atoms with Crippen molar-refractivity contribution < 1.29 is 4.42 Å². The molecule has 0 N–H and O–H groups in total. The Morgan fingerprint density at radius 2 is 0.694 bits per heavy atom. The molecule has 3 nitrogen and oxygen atoms in total. The van der Waals surface area contributed by atoms with E-state index in [9.17, 15) is 0 Å². The number of fused-ring (bicyclic) bond motifs is 12. The Labute approximate surface area is 422 Å². The van der Waals surface area contributed by atoms with Crippen molar-refractivity contribution in [2.24, 2.45) is 0 Å². The average Bonchev–Trinajstić information content (AvgIpc) is 4.07. The quantitative estimate of drug-likeness (QED) is 0.159. The van der Waals surface area contributed by atoms with Gasteiger partial charge < -0.3 is 14.2 Å². The van der Waals surface area contributed by atoms with Crippen LogP contribution in [-0.2, 0) is 16.2 Å². The maximum atomic E-state index is 7.42. The van der Waals surface area contributed by atoms with Gasteiger partial charge in [0.2, 0.25) is 0 Å². The van der Waals surface area contributed by atoms with Gasteiger partial charge in [0.15, 0.2) is 5.58 Å². The molecule has 72 heavy (non-hydrogen) atoms. The van der Waals surface area contributed by atoms with E-state index < -0.39 is 0 Å². The lowest BCUT2D eigenvalue weighted by Crippen LogP contribution is -2.17. The monoisotopic (exact) mass is 926 g/mol. The molecular formula is C69H54N2O. The zero-order valence-corrected chi connectivity index (χ0v) is 41.6. The van der Waals surface area contributed by atoms with E-state index in [1.54, 1.807) is 0 Å². The summed E-state index contributed by atoms with van der Waals surface area (Å²) in [5.74, 6) is 0. The van der Waals surface area contributed by atoms with Crippen LogP contribution in [0.3, 0.4) is 0 Å². The summed E-state index contributed by atoms with van der Waals surface area (Å²) in [7, 11) is 0. The number of furan rings is 1. The normalized spacial score (nSPS) is 14.9. The molecule has 10 aromatic carbocycles. The summed E-state index contributed by atoms with van der Waals surface area (Å²) in [6, 6.07) is 80.8. The summed E-state index contributed by atoms with van der Waals surface area (Å²) >= 11 is 0. The predicted molar refractivity (Wildman–Crippen MR) is 301 cm³/mol. The highest BCUT2D eigenvalue weighted by atomic mass is 16.3. The molecule has 0 radical (unpaired) electrons. The molecule has 0 amide bonds. The minimum absolute atomic E-state index is 0.168. The van der Waals surface area contributed by atoms with Gasteiger partial charge in [0, 0.05) is 44.0 Å². The van der Waals surface area contributed by atoms with Gasteiger partial charge in [0.1, 0.15) is 5.58 Å². The molecule has 1 heterocycles. The van der Waals surface area contributed by atoms with Crippen LogP contribution in [0.25, 0.3) is 66.4 Å². The highest BCUT2D eigenvalue weighted by molar-refractivity contribution is 6.18. The Kier molecular flexibility index (Phi) is 9.03. The van der Waals surface area contributed by atoms with Crippen molar-refractivity contribution in [3.05, 3.63) is 252 Å². The van der Waals surface area contributed by atoms with Crippen molar-refractivity contribution in [1.29, 1.82) is 0 Å². The molecular weight excluding hydrogens is 873 g/mol. The fourth-order valence-electron chi connectivity index (χ4n) is 13.2. The summed E-state index contributed by atoms with van der Waals surface area (Å²) in [6.45, 7) is 14.2. The third-order valence-corrected chi connectivity index (χ3v) is 16.7. The Bertz CT molecular complexity index is 3910. The summed E-state index contributed by atoms with van der Waals surface area (Å²) in [5.41, 5.74) is 25.7. The predicted octanol–water partition coefficient (Wildman–Crippen LogP) is 19.1. The van der Waals surface area contributed by atoms with Gasteiger partial charge in [-0.1, -0.05) is 211 Å². The molecule has 346 valence electrons. The van der Waals surface area contributed by atoms with Crippen molar-refractivity contribution in [1.82, 2.24) is 0 Å². The van der Waals surface area contributed by atoms with Crippen molar-refractivity contribution in [3.63, 3.8) is 0 Å². The second-order valence-electron chi connectivity index (χ2n) is 21.6. The summed E-state index contributed by atoms with van der Waals surface area (Å²) in [6.07, 6.45) is 0. The SMILES string of the molecule is CC1(C)c2ccccc2-c2c(N(c3cccc4c3-c3ccccc3C4(C)C)c3cccc4c3oc3cccc(N(c5ccc(-c6ccccc6)cc5)c5cccc6c5-c5ccccc5C6(C)C)c34)cccc21. The first-order valence-electron chi connectivity index (χ1n) is 25.4. The van der Waals surface area contributed by atoms with Crippen LogP contribution in [0.2, 0.25) is 0 Å². The number of para-hydroxylation sites is 1. The second kappa shape index (κ2) is 15.3. The van der Waals surface area contributed by atoms with Crippen molar-refractivity contribution in [2.75, 3.05) is 9.80 Å². The van der Waals surface area contributed by atoms with Gasteiger partial charge >= 0.3 is 0 Å². The Morgan fingerprint density at radius 1 is 0.306 bits per heavy atom. The van der Waals surface area contributed by atoms with Crippen LogP contribution in [0, 0.1) is 0 Å². The second-order valence-corrected chi connectivity index (χ2v) is 21.6. The maximum absolute atomic E-state index is 7.42. The number of rotatable bonds is 7. The van der Waals surface area contributed by atoms with Gasteiger partial charge in [-0.25, -0.2) is 0 Å². The van der Waals surface area contributed by atoms with E-state index in [2.05, 4.69) is 270 Å². The Hall–Kier alpha value is -8.40.